The van der Waals surface area contributed by atoms with Gasteiger partial charge in [-0.15, -0.1) is 0 Å². The van der Waals surface area contributed by atoms with Gasteiger partial charge in [0.25, 0.3) is 0 Å². The molecule has 2 aromatic rings. The number of nitrogens with zero attached hydrogens (tertiary/aromatic N) is 3. The summed E-state index contributed by atoms with van der Waals surface area (Å²) in [5, 5.41) is 10.1. The van der Waals surface area contributed by atoms with E-state index in [9.17, 15) is 9.90 Å². The van der Waals surface area contributed by atoms with E-state index in [1.165, 1.54) is 0 Å². The lowest BCUT2D eigenvalue weighted by molar-refractivity contribution is 0.0684. The van der Waals surface area contributed by atoms with Gasteiger partial charge >= 0.3 is 5.97 Å². The summed E-state index contributed by atoms with van der Waals surface area (Å²) in [6.07, 6.45) is 0. The minimum atomic E-state index is -1.09. The number of carboxylic acids is 1. The number of thioether (sulfide) groups is 1. The molecule has 1 saturated heterocycles. The van der Waals surface area contributed by atoms with E-state index in [4.69, 9.17) is 0 Å². The molecule has 1 unspecified atom stereocenters. The second-order valence-corrected chi connectivity index (χ2v) is 5.96. The fourth-order valence-corrected chi connectivity index (χ4v) is 3.43. The molecule has 104 valence electrons. The second kappa shape index (κ2) is 5.28. The zero-order valence-electron chi connectivity index (χ0n) is 11.1. The molecule has 1 aliphatic heterocycles. The Morgan fingerprint density at radius 3 is 2.95 bits per heavy atom. The van der Waals surface area contributed by atoms with Crippen LogP contribution in [0.1, 0.15) is 17.5 Å². The summed E-state index contributed by atoms with van der Waals surface area (Å²) in [4.78, 5) is 21.8. The average molecular weight is 289 g/mol. The Labute approximate surface area is 121 Å². The quantitative estimate of drug-likeness (QED) is 0.915. The molecule has 1 aliphatic rings. The van der Waals surface area contributed by atoms with Crippen molar-refractivity contribution in [2.75, 3.05) is 23.0 Å². The monoisotopic (exact) mass is 289 g/mol. The van der Waals surface area contributed by atoms with Gasteiger partial charge in [0.1, 0.15) is 5.82 Å². The molecule has 0 saturated carbocycles. The number of rotatable bonds is 2. The summed E-state index contributed by atoms with van der Waals surface area (Å²) in [5.41, 5.74) is 0.681. The molecule has 0 radical (unpaired) electrons. The third-order valence-corrected chi connectivity index (χ3v) is 4.60. The molecule has 0 spiro atoms. The molecule has 0 aliphatic carbocycles. The van der Waals surface area contributed by atoms with Gasteiger partial charge in [-0.25, -0.2) is 14.8 Å². The highest BCUT2D eigenvalue weighted by atomic mass is 32.2. The van der Waals surface area contributed by atoms with Crippen molar-refractivity contribution in [1.29, 1.82) is 0 Å². The van der Waals surface area contributed by atoms with Crippen LogP contribution in [-0.4, -0.2) is 45.1 Å². The van der Waals surface area contributed by atoms with Gasteiger partial charge in [-0.3, -0.25) is 0 Å². The Hall–Kier alpha value is -1.82. The molecule has 1 fully saturated rings. The fraction of sp³-hybridized carbons (Fsp3) is 0.357. The van der Waals surface area contributed by atoms with Crippen LogP contribution in [0, 0.1) is 0 Å². The van der Waals surface area contributed by atoms with Crippen molar-refractivity contribution < 1.29 is 9.90 Å². The normalized spacial score (nSPS) is 19.2. The number of carboxylic acid groups (broad SMARTS) is 1. The first kappa shape index (κ1) is 13.2. The van der Waals surface area contributed by atoms with Gasteiger partial charge in [-0.05, 0) is 19.1 Å². The maximum absolute atomic E-state index is 11.2. The van der Waals surface area contributed by atoms with Crippen molar-refractivity contribution in [3.63, 3.8) is 0 Å². The first-order chi connectivity index (χ1) is 9.66. The van der Waals surface area contributed by atoms with Crippen molar-refractivity contribution in [2.45, 2.75) is 13.0 Å². The fourth-order valence-electron chi connectivity index (χ4n) is 2.42. The Kier molecular flexibility index (Phi) is 3.48. The van der Waals surface area contributed by atoms with Gasteiger partial charge in [0.2, 0.25) is 5.82 Å². The molecule has 5 nitrogen and oxygen atoms in total. The van der Waals surface area contributed by atoms with Crippen LogP contribution in [0.25, 0.3) is 10.9 Å². The minimum Gasteiger partial charge on any atom is -0.475 e. The zero-order chi connectivity index (χ0) is 14.1. The highest BCUT2D eigenvalue weighted by Crippen LogP contribution is 2.28. The van der Waals surface area contributed by atoms with Crippen molar-refractivity contribution in [3.05, 3.63) is 30.1 Å². The summed E-state index contributed by atoms with van der Waals surface area (Å²) in [6, 6.07) is 7.91. The van der Waals surface area contributed by atoms with Crippen molar-refractivity contribution in [3.8, 4) is 0 Å². The molecule has 1 aromatic heterocycles. The van der Waals surface area contributed by atoms with Crippen LogP contribution in [0.15, 0.2) is 24.3 Å². The summed E-state index contributed by atoms with van der Waals surface area (Å²) >= 11 is 1.92. The Balaban J connectivity index is 2.18. The third kappa shape index (κ3) is 2.31. The number of hydrogen-bond acceptors (Lipinski definition) is 5. The van der Waals surface area contributed by atoms with E-state index < -0.39 is 5.97 Å². The van der Waals surface area contributed by atoms with E-state index in [2.05, 4.69) is 21.8 Å². The van der Waals surface area contributed by atoms with E-state index in [1.807, 2.05) is 36.0 Å². The molecule has 0 bridgehead atoms. The van der Waals surface area contributed by atoms with E-state index >= 15 is 0 Å². The maximum atomic E-state index is 11.2. The van der Waals surface area contributed by atoms with Crippen LogP contribution in [0.5, 0.6) is 0 Å². The van der Waals surface area contributed by atoms with E-state index in [-0.39, 0.29) is 5.82 Å². The lowest BCUT2D eigenvalue weighted by Crippen LogP contribution is -2.41. The molecule has 0 amide bonds. The molecular formula is C14H15N3O2S. The van der Waals surface area contributed by atoms with E-state index in [0.29, 0.717) is 11.6 Å². The maximum Gasteiger partial charge on any atom is 0.374 e. The zero-order valence-corrected chi connectivity index (χ0v) is 11.9. The van der Waals surface area contributed by atoms with E-state index in [0.717, 1.165) is 29.3 Å². The van der Waals surface area contributed by atoms with Gasteiger partial charge in [0.05, 0.1) is 5.52 Å². The average Bonchev–Trinajstić information content (AvgIpc) is 2.46. The van der Waals surface area contributed by atoms with Crippen molar-refractivity contribution >= 4 is 34.5 Å². The number of para-hydroxylation sites is 1. The molecule has 1 atom stereocenters. The van der Waals surface area contributed by atoms with E-state index in [1.54, 1.807) is 0 Å². The number of carbonyl (C=O) groups is 1. The lowest BCUT2D eigenvalue weighted by atomic mass is 10.2. The Bertz CT molecular complexity index is 662. The minimum absolute atomic E-state index is 0.135. The number of aromatic carboxylic acids is 1. The molecule has 20 heavy (non-hydrogen) atoms. The highest BCUT2D eigenvalue weighted by Gasteiger charge is 2.23. The summed E-state index contributed by atoms with van der Waals surface area (Å²) in [7, 11) is 0. The number of fused-ring (bicyclic) bond motifs is 1. The number of aromatic nitrogens is 2. The first-order valence-corrected chi connectivity index (χ1v) is 7.67. The van der Waals surface area contributed by atoms with Gasteiger partial charge in [0.15, 0.2) is 0 Å². The Morgan fingerprint density at radius 2 is 2.20 bits per heavy atom. The molecule has 3 rings (SSSR count). The first-order valence-electron chi connectivity index (χ1n) is 6.51. The molecule has 1 aromatic carbocycles. The molecule has 6 heteroatoms. The SMILES string of the molecule is CC1CSCCN1c1nc(C(=O)O)nc2ccccc12. The predicted octanol–water partition coefficient (Wildman–Crippen LogP) is 2.27. The van der Waals surface area contributed by atoms with Gasteiger partial charge in [0, 0.05) is 29.5 Å². The van der Waals surface area contributed by atoms with Crippen molar-refractivity contribution in [2.24, 2.45) is 0 Å². The van der Waals surface area contributed by atoms with Crippen LogP contribution in [0.4, 0.5) is 5.82 Å². The number of hydrogen-bond donors (Lipinski definition) is 1. The summed E-state index contributed by atoms with van der Waals surface area (Å²) in [5.74, 6) is 1.58. The standard InChI is InChI=1S/C14H15N3O2S/c1-9-8-20-7-6-17(9)13-10-4-2-3-5-11(10)15-12(16-13)14(18)19/h2-5,9H,6-8H2,1H3,(H,18,19). The molecule has 1 N–H and O–H groups in total. The molecule has 2 heterocycles. The number of anilines is 1. The predicted molar refractivity (Wildman–Crippen MR) is 80.6 cm³/mol. The summed E-state index contributed by atoms with van der Waals surface area (Å²) < 4.78 is 0. The van der Waals surface area contributed by atoms with Crippen LogP contribution < -0.4 is 4.90 Å². The topological polar surface area (TPSA) is 66.3 Å². The van der Waals surface area contributed by atoms with Crippen molar-refractivity contribution in [1.82, 2.24) is 9.97 Å². The lowest BCUT2D eigenvalue weighted by Gasteiger charge is -2.34. The van der Waals surface area contributed by atoms with Gasteiger partial charge < -0.3 is 10.0 Å². The smallest absolute Gasteiger partial charge is 0.374 e. The van der Waals surface area contributed by atoms with Crippen LogP contribution in [-0.2, 0) is 0 Å². The van der Waals surface area contributed by atoms with Gasteiger partial charge in [-0.2, -0.15) is 11.8 Å². The van der Waals surface area contributed by atoms with Crippen LogP contribution >= 0.6 is 11.8 Å². The largest absolute Gasteiger partial charge is 0.475 e. The third-order valence-electron chi connectivity index (χ3n) is 3.41. The Morgan fingerprint density at radius 1 is 1.40 bits per heavy atom. The number of benzene rings is 1. The molecular weight excluding hydrogens is 274 g/mol. The van der Waals surface area contributed by atoms with Crippen LogP contribution in [0.3, 0.4) is 0 Å². The highest BCUT2D eigenvalue weighted by molar-refractivity contribution is 7.99. The van der Waals surface area contributed by atoms with Crippen LogP contribution in [0.2, 0.25) is 0 Å². The second-order valence-electron chi connectivity index (χ2n) is 4.81. The van der Waals surface area contributed by atoms with Gasteiger partial charge in [-0.1, -0.05) is 12.1 Å². The summed E-state index contributed by atoms with van der Waals surface area (Å²) in [6.45, 7) is 3.02.